The summed E-state index contributed by atoms with van der Waals surface area (Å²) in [5.74, 6) is 0.683. The number of rotatable bonds is 5. The van der Waals surface area contributed by atoms with Crippen LogP contribution < -0.4 is 5.32 Å². The lowest BCUT2D eigenvalue weighted by Gasteiger charge is -2.34. The molecule has 13 heavy (non-hydrogen) atoms. The van der Waals surface area contributed by atoms with Gasteiger partial charge in [-0.25, -0.2) is 0 Å². The van der Waals surface area contributed by atoms with Crippen molar-refractivity contribution in [2.45, 2.75) is 53.2 Å². The average Bonchev–Trinajstić information content (AvgIpc) is 1.81. The van der Waals surface area contributed by atoms with Gasteiger partial charge in [0.2, 0.25) is 0 Å². The molecule has 1 unspecified atom stereocenters. The molecule has 0 aromatic heterocycles. The molecule has 0 saturated carbocycles. The second-order valence-electron chi connectivity index (χ2n) is 5.46. The van der Waals surface area contributed by atoms with Crippen LogP contribution in [0.5, 0.6) is 0 Å². The van der Waals surface area contributed by atoms with E-state index < -0.39 is 5.72 Å². The average molecular weight is 187 g/mol. The van der Waals surface area contributed by atoms with Gasteiger partial charge in [0.15, 0.2) is 0 Å². The van der Waals surface area contributed by atoms with E-state index in [1.54, 1.807) is 7.05 Å². The minimum Gasteiger partial charge on any atom is -0.376 e. The summed E-state index contributed by atoms with van der Waals surface area (Å²) in [7, 11) is 1.80. The molecule has 0 aromatic carbocycles. The summed E-state index contributed by atoms with van der Waals surface area (Å²) in [5, 5.41) is 12.8. The lowest BCUT2D eigenvalue weighted by atomic mass is 9.78. The Labute approximate surface area is 82.7 Å². The molecule has 2 nitrogen and oxygen atoms in total. The fourth-order valence-corrected chi connectivity index (χ4v) is 2.20. The van der Waals surface area contributed by atoms with Crippen LogP contribution in [-0.2, 0) is 0 Å². The molecule has 80 valence electrons. The molecule has 0 aliphatic rings. The van der Waals surface area contributed by atoms with E-state index >= 15 is 0 Å². The van der Waals surface area contributed by atoms with Crippen LogP contribution in [0.4, 0.5) is 0 Å². The van der Waals surface area contributed by atoms with E-state index in [2.05, 4.69) is 33.0 Å². The summed E-state index contributed by atoms with van der Waals surface area (Å²) in [4.78, 5) is 0. The number of aliphatic hydroxyl groups is 1. The summed E-state index contributed by atoms with van der Waals surface area (Å²) in [6.07, 6.45) is 1.93. The summed E-state index contributed by atoms with van der Waals surface area (Å²) in [5.41, 5.74) is -0.543. The van der Waals surface area contributed by atoms with Crippen molar-refractivity contribution >= 4 is 0 Å². The maximum atomic E-state index is 9.86. The van der Waals surface area contributed by atoms with Crippen LogP contribution in [0.3, 0.4) is 0 Å². The predicted molar refractivity (Wildman–Crippen MR) is 57.5 cm³/mol. The van der Waals surface area contributed by atoms with E-state index in [-0.39, 0.29) is 5.41 Å². The number of hydrogen-bond donors (Lipinski definition) is 2. The molecule has 0 spiro atoms. The summed E-state index contributed by atoms with van der Waals surface area (Å²) < 4.78 is 0. The van der Waals surface area contributed by atoms with E-state index in [4.69, 9.17) is 0 Å². The Morgan fingerprint density at radius 2 is 1.69 bits per heavy atom. The molecule has 0 bridgehead atoms. The Morgan fingerprint density at radius 3 is 2.00 bits per heavy atom. The van der Waals surface area contributed by atoms with Gasteiger partial charge in [-0.3, -0.25) is 5.32 Å². The molecule has 1 atom stereocenters. The Morgan fingerprint density at radius 1 is 1.23 bits per heavy atom. The molecule has 0 aromatic rings. The van der Waals surface area contributed by atoms with Crippen LogP contribution in [0.1, 0.15) is 47.5 Å². The van der Waals surface area contributed by atoms with Crippen molar-refractivity contribution in [3.8, 4) is 0 Å². The van der Waals surface area contributed by atoms with Gasteiger partial charge in [-0.2, -0.15) is 0 Å². The smallest absolute Gasteiger partial charge is 0.113 e. The standard InChI is InChI=1S/C11H25NO/c1-9(2)7-10(3,4)8-11(5,13)12-6/h9,12-13H,7-8H2,1-6H3. The topological polar surface area (TPSA) is 32.3 Å². The van der Waals surface area contributed by atoms with E-state index in [1.165, 1.54) is 0 Å². The molecule has 2 N–H and O–H groups in total. The van der Waals surface area contributed by atoms with Gasteiger partial charge in [0.25, 0.3) is 0 Å². The summed E-state index contributed by atoms with van der Waals surface area (Å²) in [6.45, 7) is 10.7. The lowest BCUT2D eigenvalue weighted by Crippen LogP contribution is -2.43. The minimum atomic E-state index is -0.738. The van der Waals surface area contributed by atoms with Crippen LogP contribution in [0.2, 0.25) is 0 Å². The molecular formula is C11H25NO. The van der Waals surface area contributed by atoms with Gasteiger partial charge in [0, 0.05) is 0 Å². The second-order valence-corrected chi connectivity index (χ2v) is 5.46. The van der Waals surface area contributed by atoms with Gasteiger partial charge in [-0.15, -0.1) is 0 Å². The quantitative estimate of drug-likeness (QED) is 0.648. The van der Waals surface area contributed by atoms with Crippen molar-refractivity contribution in [3.05, 3.63) is 0 Å². The van der Waals surface area contributed by atoms with Crippen LogP contribution in [0, 0.1) is 11.3 Å². The Hall–Kier alpha value is -0.0800. The first-order valence-electron chi connectivity index (χ1n) is 5.10. The molecule has 0 amide bonds. The maximum absolute atomic E-state index is 9.86. The second kappa shape index (κ2) is 4.43. The van der Waals surface area contributed by atoms with Crippen LogP contribution in [-0.4, -0.2) is 17.9 Å². The maximum Gasteiger partial charge on any atom is 0.113 e. The summed E-state index contributed by atoms with van der Waals surface area (Å²) >= 11 is 0. The van der Waals surface area contributed by atoms with Crippen LogP contribution in [0.25, 0.3) is 0 Å². The normalized spacial score (nSPS) is 17.5. The lowest BCUT2D eigenvalue weighted by molar-refractivity contribution is -0.0141. The van der Waals surface area contributed by atoms with Crippen LogP contribution >= 0.6 is 0 Å². The first kappa shape index (κ1) is 12.9. The number of hydrogen-bond acceptors (Lipinski definition) is 2. The van der Waals surface area contributed by atoms with Crippen LogP contribution in [0.15, 0.2) is 0 Å². The third kappa shape index (κ3) is 6.05. The Bertz CT molecular complexity index is 150. The van der Waals surface area contributed by atoms with Crippen molar-refractivity contribution in [1.29, 1.82) is 0 Å². The van der Waals surface area contributed by atoms with Gasteiger partial charge in [0.05, 0.1) is 0 Å². The van der Waals surface area contributed by atoms with Gasteiger partial charge >= 0.3 is 0 Å². The largest absolute Gasteiger partial charge is 0.376 e. The Kier molecular flexibility index (Phi) is 4.40. The van der Waals surface area contributed by atoms with Crippen molar-refractivity contribution in [3.63, 3.8) is 0 Å². The highest BCUT2D eigenvalue weighted by molar-refractivity contribution is 4.79. The van der Waals surface area contributed by atoms with E-state index in [0.29, 0.717) is 5.92 Å². The molecule has 2 heteroatoms. The fraction of sp³-hybridized carbons (Fsp3) is 1.00. The predicted octanol–water partition coefficient (Wildman–Crippen LogP) is 2.38. The zero-order valence-electron chi connectivity index (χ0n) is 9.94. The highest BCUT2D eigenvalue weighted by atomic mass is 16.3. The summed E-state index contributed by atoms with van der Waals surface area (Å²) in [6, 6.07) is 0. The van der Waals surface area contributed by atoms with E-state index in [1.807, 2.05) is 6.92 Å². The minimum absolute atomic E-state index is 0.195. The molecule has 0 radical (unpaired) electrons. The highest BCUT2D eigenvalue weighted by Gasteiger charge is 2.29. The monoisotopic (exact) mass is 187 g/mol. The molecule has 0 fully saturated rings. The van der Waals surface area contributed by atoms with Gasteiger partial charge in [-0.1, -0.05) is 27.7 Å². The first-order valence-corrected chi connectivity index (χ1v) is 5.10. The van der Waals surface area contributed by atoms with Crippen molar-refractivity contribution in [1.82, 2.24) is 5.32 Å². The Balaban J connectivity index is 4.16. The van der Waals surface area contributed by atoms with Gasteiger partial charge < -0.3 is 5.11 Å². The molecule has 0 saturated heterocycles. The molecule has 0 heterocycles. The van der Waals surface area contributed by atoms with Gasteiger partial charge in [0.1, 0.15) is 5.72 Å². The number of nitrogens with one attached hydrogen (secondary N) is 1. The zero-order valence-corrected chi connectivity index (χ0v) is 9.94. The van der Waals surface area contributed by atoms with Gasteiger partial charge in [-0.05, 0) is 38.1 Å². The fourth-order valence-electron chi connectivity index (χ4n) is 2.20. The van der Waals surface area contributed by atoms with Crippen molar-refractivity contribution in [2.24, 2.45) is 11.3 Å². The SMILES string of the molecule is CNC(C)(O)CC(C)(C)CC(C)C. The highest BCUT2D eigenvalue weighted by Crippen LogP contribution is 2.32. The zero-order chi connectivity index (χ0) is 10.7. The third-order valence-electron chi connectivity index (χ3n) is 2.32. The van der Waals surface area contributed by atoms with Crippen molar-refractivity contribution < 1.29 is 5.11 Å². The first-order chi connectivity index (χ1) is 5.68. The van der Waals surface area contributed by atoms with Crippen molar-refractivity contribution in [2.75, 3.05) is 7.05 Å². The van der Waals surface area contributed by atoms with E-state index in [0.717, 1.165) is 12.8 Å². The van der Waals surface area contributed by atoms with E-state index in [9.17, 15) is 5.11 Å². The molecule has 0 rings (SSSR count). The molecular weight excluding hydrogens is 162 g/mol. The molecule has 0 aliphatic heterocycles. The third-order valence-corrected chi connectivity index (χ3v) is 2.32. The molecule has 0 aliphatic carbocycles.